The quantitative estimate of drug-likeness (QED) is 0.184. The summed E-state index contributed by atoms with van der Waals surface area (Å²) in [6, 6.07) is 16.8. The highest BCUT2D eigenvalue weighted by molar-refractivity contribution is 6.19. The molecule has 0 aromatic heterocycles. The highest BCUT2D eigenvalue weighted by Crippen LogP contribution is 2.40. The molecule has 0 radical (unpaired) electrons. The zero-order valence-corrected chi connectivity index (χ0v) is 17.1. The molecule has 34 heavy (non-hydrogen) atoms. The molecule has 0 aliphatic carbocycles. The number of carbonyl (C=O) groups is 2. The molecule has 1 atom stereocenters. The van der Waals surface area contributed by atoms with Crippen LogP contribution < -0.4 is 0 Å². The second-order valence-corrected chi connectivity index (χ2v) is 7.55. The highest BCUT2D eigenvalue weighted by atomic mass is 19.4. The zero-order chi connectivity index (χ0) is 24.7. The van der Waals surface area contributed by atoms with Crippen molar-refractivity contribution in [3.05, 3.63) is 101 Å². The first-order chi connectivity index (χ1) is 15.9. The van der Waals surface area contributed by atoms with Gasteiger partial charge in [-0.2, -0.15) is 26.3 Å². The fourth-order valence-electron chi connectivity index (χ4n) is 3.55. The average molecular weight is 476 g/mol. The van der Waals surface area contributed by atoms with Gasteiger partial charge in [-0.1, -0.05) is 54.6 Å². The summed E-state index contributed by atoms with van der Waals surface area (Å²) in [7, 11) is 0. The Morgan fingerprint density at radius 1 is 0.706 bits per heavy atom. The highest BCUT2D eigenvalue weighted by Gasteiger charge is 2.44. The minimum absolute atomic E-state index is 0.0701. The number of esters is 1. The van der Waals surface area contributed by atoms with Crippen LogP contribution in [0.4, 0.5) is 26.3 Å². The number of cyclic esters (lactones) is 1. The van der Waals surface area contributed by atoms with Crippen LogP contribution in [0.2, 0.25) is 0 Å². The van der Waals surface area contributed by atoms with Crippen molar-refractivity contribution in [2.45, 2.75) is 18.3 Å². The monoisotopic (exact) mass is 476 g/mol. The van der Waals surface area contributed by atoms with Gasteiger partial charge in [-0.15, -0.1) is 0 Å². The van der Waals surface area contributed by atoms with Gasteiger partial charge in [-0.05, 0) is 46.5 Å². The van der Waals surface area contributed by atoms with Crippen LogP contribution in [0.1, 0.15) is 28.2 Å². The van der Waals surface area contributed by atoms with Crippen molar-refractivity contribution < 1.29 is 40.7 Å². The minimum atomic E-state index is -5.11. The fraction of sp³-hybridized carbons (Fsp3) is 0.120. The molecule has 3 aromatic rings. The number of halogens is 6. The molecule has 0 amide bonds. The summed E-state index contributed by atoms with van der Waals surface area (Å²) >= 11 is 0. The zero-order valence-electron chi connectivity index (χ0n) is 17.1. The van der Waals surface area contributed by atoms with Crippen LogP contribution in [-0.4, -0.2) is 11.8 Å². The van der Waals surface area contributed by atoms with Gasteiger partial charge in [0.15, 0.2) is 5.76 Å². The van der Waals surface area contributed by atoms with Gasteiger partial charge in [0.1, 0.15) is 5.92 Å². The molecule has 0 bridgehead atoms. The van der Waals surface area contributed by atoms with E-state index in [1.807, 2.05) is 30.3 Å². The Labute approximate surface area is 189 Å². The minimum Gasteiger partial charge on any atom is -0.422 e. The molecule has 3 nitrogen and oxygen atoms in total. The maximum Gasteiger partial charge on any atom is 0.416 e. The summed E-state index contributed by atoms with van der Waals surface area (Å²) in [5.41, 5.74) is -1.70. The van der Waals surface area contributed by atoms with E-state index < -0.39 is 52.5 Å². The van der Waals surface area contributed by atoms with Crippen molar-refractivity contribution in [3.8, 4) is 11.1 Å². The fourth-order valence-corrected chi connectivity index (χ4v) is 3.55. The third-order valence-corrected chi connectivity index (χ3v) is 5.21. The van der Waals surface area contributed by atoms with Crippen molar-refractivity contribution in [1.82, 2.24) is 0 Å². The normalized spacial score (nSPS) is 17.8. The molecule has 1 unspecified atom stereocenters. The molecule has 3 aromatic carbocycles. The lowest BCUT2D eigenvalue weighted by Gasteiger charge is -2.15. The van der Waals surface area contributed by atoms with Crippen LogP contribution in [0, 0.1) is 0 Å². The number of carbonyl (C=O) groups excluding carboxylic acids is 2. The maximum absolute atomic E-state index is 13.2. The van der Waals surface area contributed by atoms with E-state index in [1.54, 1.807) is 24.3 Å². The van der Waals surface area contributed by atoms with Gasteiger partial charge in [0.25, 0.3) is 0 Å². The number of ketones is 1. The van der Waals surface area contributed by atoms with Crippen LogP contribution in [0.5, 0.6) is 0 Å². The average Bonchev–Trinajstić information content (AvgIpc) is 3.06. The molecule has 1 saturated heterocycles. The molecule has 0 N–H and O–H groups in total. The molecule has 4 rings (SSSR count). The smallest absolute Gasteiger partial charge is 0.416 e. The van der Waals surface area contributed by atoms with Crippen LogP contribution in [-0.2, 0) is 26.7 Å². The maximum atomic E-state index is 13.2. The van der Waals surface area contributed by atoms with Gasteiger partial charge in [-0.3, -0.25) is 9.59 Å². The van der Waals surface area contributed by atoms with Crippen LogP contribution in [0.25, 0.3) is 17.2 Å². The molecule has 1 aliphatic rings. The first-order valence-electron chi connectivity index (χ1n) is 9.86. The van der Waals surface area contributed by atoms with Gasteiger partial charge >= 0.3 is 18.3 Å². The topological polar surface area (TPSA) is 43.4 Å². The van der Waals surface area contributed by atoms with E-state index in [2.05, 4.69) is 0 Å². The molecular weight excluding hydrogens is 462 g/mol. The van der Waals surface area contributed by atoms with E-state index in [9.17, 15) is 35.9 Å². The van der Waals surface area contributed by atoms with Crippen LogP contribution >= 0.6 is 0 Å². The van der Waals surface area contributed by atoms with Gasteiger partial charge in [-0.25, -0.2) is 0 Å². The summed E-state index contributed by atoms with van der Waals surface area (Å²) < 4.78 is 83.9. The summed E-state index contributed by atoms with van der Waals surface area (Å²) in [4.78, 5) is 25.1. The summed E-state index contributed by atoms with van der Waals surface area (Å²) in [5.74, 6) is -4.67. The van der Waals surface area contributed by atoms with E-state index in [1.165, 1.54) is 6.08 Å². The number of hydrogen-bond donors (Lipinski definition) is 0. The van der Waals surface area contributed by atoms with Gasteiger partial charge in [0.05, 0.1) is 11.1 Å². The third-order valence-electron chi connectivity index (χ3n) is 5.21. The van der Waals surface area contributed by atoms with E-state index in [0.29, 0.717) is 17.7 Å². The number of allylic oxidation sites excluding steroid dienone is 1. The van der Waals surface area contributed by atoms with Gasteiger partial charge < -0.3 is 4.74 Å². The second kappa shape index (κ2) is 8.48. The largest absolute Gasteiger partial charge is 0.422 e. The number of alkyl halides is 6. The number of Topliss-reactive ketones (excluding diaryl/α,β-unsaturated/α-hetero) is 1. The Hall–Kier alpha value is -3.88. The van der Waals surface area contributed by atoms with E-state index >= 15 is 0 Å². The predicted octanol–water partition coefficient (Wildman–Crippen LogP) is 6.64. The van der Waals surface area contributed by atoms with Crippen molar-refractivity contribution in [2.75, 3.05) is 0 Å². The molecule has 9 heteroatoms. The SMILES string of the molecule is O=C1O/C(=C\c2ccc(-c3ccccc3)cc2)C(=O)C1c1cc(C(F)(F)F)cc(C(F)(F)F)c1. The lowest BCUT2D eigenvalue weighted by atomic mass is 9.91. The Kier molecular flexibility index (Phi) is 5.80. The molecule has 174 valence electrons. The lowest BCUT2D eigenvalue weighted by molar-refractivity contribution is -0.144. The summed E-state index contributed by atoms with van der Waals surface area (Å²) in [6.07, 6.45) is -9.01. The summed E-state index contributed by atoms with van der Waals surface area (Å²) in [6.45, 7) is 0. The Balaban J connectivity index is 1.66. The number of benzene rings is 3. The third kappa shape index (κ3) is 4.73. The van der Waals surface area contributed by atoms with E-state index in [0.717, 1.165) is 11.1 Å². The van der Waals surface area contributed by atoms with Gasteiger partial charge in [0.2, 0.25) is 5.78 Å². The molecule has 1 aliphatic heterocycles. The Bertz CT molecular complexity index is 1240. The van der Waals surface area contributed by atoms with Crippen molar-refractivity contribution in [3.63, 3.8) is 0 Å². The van der Waals surface area contributed by atoms with E-state index in [-0.39, 0.29) is 6.07 Å². The number of rotatable bonds is 3. The summed E-state index contributed by atoms with van der Waals surface area (Å²) in [5, 5.41) is 0. The number of ether oxygens (including phenoxy) is 1. The predicted molar refractivity (Wildman–Crippen MR) is 110 cm³/mol. The van der Waals surface area contributed by atoms with Crippen LogP contribution in [0.15, 0.2) is 78.6 Å². The van der Waals surface area contributed by atoms with Crippen molar-refractivity contribution >= 4 is 17.8 Å². The Morgan fingerprint density at radius 2 is 1.24 bits per heavy atom. The lowest BCUT2D eigenvalue weighted by Crippen LogP contribution is -2.17. The van der Waals surface area contributed by atoms with E-state index in [4.69, 9.17) is 4.74 Å². The molecule has 0 spiro atoms. The first-order valence-corrected chi connectivity index (χ1v) is 9.86. The number of hydrogen-bond acceptors (Lipinski definition) is 3. The molecule has 0 saturated carbocycles. The standard InChI is InChI=1S/C25H14F6O3/c26-24(27,28)18-11-17(12-19(13-18)25(29,30)31)21-22(32)20(34-23(21)33)10-14-6-8-16(9-7-14)15-4-2-1-3-5-15/h1-13,21H/b20-10-. The first kappa shape index (κ1) is 23.3. The Morgan fingerprint density at radius 3 is 1.76 bits per heavy atom. The van der Waals surface area contributed by atoms with Gasteiger partial charge in [0, 0.05) is 0 Å². The molecule has 1 fully saturated rings. The second-order valence-electron chi connectivity index (χ2n) is 7.55. The molecule has 1 heterocycles. The van der Waals surface area contributed by atoms with Crippen molar-refractivity contribution in [1.29, 1.82) is 0 Å². The van der Waals surface area contributed by atoms with Crippen molar-refractivity contribution in [2.24, 2.45) is 0 Å². The molecular formula is C25H14F6O3. The van der Waals surface area contributed by atoms with Crippen LogP contribution in [0.3, 0.4) is 0 Å².